The first-order valence-electron chi connectivity index (χ1n) is 5.02. The molecule has 0 saturated heterocycles. The molecule has 0 spiro atoms. The third-order valence-electron chi connectivity index (χ3n) is 1.68. The highest BCUT2D eigenvalue weighted by atomic mass is 31.1. The van der Waals surface area contributed by atoms with Gasteiger partial charge in [-0.05, 0) is 4.57 Å². The number of carbonyl (C=O) groups is 1. The molecule has 0 heterocycles. The third-order valence-corrected chi connectivity index (χ3v) is 2.70. The van der Waals surface area contributed by atoms with Crippen LogP contribution in [0.1, 0.15) is 0 Å². The maximum absolute atomic E-state index is 11.3. The van der Waals surface area contributed by atoms with Crippen molar-refractivity contribution >= 4 is 14.0 Å². The number of nitrogens with zero attached hydrogens (tertiary/aromatic N) is 1. The Labute approximate surface area is 97.5 Å². The van der Waals surface area contributed by atoms with Gasteiger partial charge >= 0.3 is 14.0 Å². The van der Waals surface area contributed by atoms with Crippen LogP contribution in [-0.4, -0.2) is 57.5 Å². The molecule has 0 fully saturated rings. The van der Waals surface area contributed by atoms with E-state index in [0.29, 0.717) is 6.61 Å². The largest absolute Gasteiger partial charge is 0.511 e. The van der Waals surface area contributed by atoms with Crippen molar-refractivity contribution in [2.75, 3.05) is 47.1 Å². The van der Waals surface area contributed by atoms with E-state index >= 15 is 0 Å². The highest BCUT2D eigenvalue weighted by Crippen LogP contribution is 2.21. The number of esters is 1. The van der Waals surface area contributed by atoms with E-state index in [1.807, 2.05) is 21.1 Å². The van der Waals surface area contributed by atoms with Crippen LogP contribution >= 0.6 is 8.03 Å². The molecule has 6 heteroatoms. The lowest BCUT2D eigenvalue weighted by Gasteiger charge is -2.21. The van der Waals surface area contributed by atoms with Crippen molar-refractivity contribution in [2.24, 2.45) is 0 Å². The molecule has 1 unspecified atom stereocenters. The minimum atomic E-state index is -1.74. The second kappa shape index (κ2) is 7.49. The first kappa shape index (κ1) is 15.2. The average Bonchev–Trinajstić information content (AvgIpc) is 2.15. The Kier molecular flexibility index (Phi) is 7.13. The summed E-state index contributed by atoms with van der Waals surface area (Å²) in [6, 6.07) is 0. The van der Waals surface area contributed by atoms with E-state index in [4.69, 9.17) is 4.52 Å². The Morgan fingerprint density at radius 3 is 2.50 bits per heavy atom. The predicted octanol–water partition coefficient (Wildman–Crippen LogP) is 1.18. The number of quaternary nitrogens is 1. The summed E-state index contributed by atoms with van der Waals surface area (Å²) in [6.45, 7) is 4.58. The summed E-state index contributed by atoms with van der Waals surface area (Å²) in [5.41, 5.74) is 0. The van der Waals surface area contributed by atoms with Crippen LogP contribution < -0.4 is 0 Å². The highest BCUT2D eigenvalue weighted by molar-refractivity contribution is 7.39. The SMILES string of the molecule is C=CC(=O)OCC[P+](=O)OCC[N+](C)(C)C. The van der Waals surface area contributed by atoms with Gasteiger partial charge in [-0.15, -0.1) is 4.52 Å². The van der Waals surface area contributed by atoms with Crippen LogP contribution in [0.3, 0.4) is 0 Å². The van der Waals surface area contributed by atoms with Crippen molar-refractivity contribution in [1.29, 1.82) is 0 Å². The van der Waals surface area contributed by atoms with Crippen LogP contribution in [0.2, 0.25) is 0 Å². The standard InChI is InChI=1S/C10H20NO4P/c1-5-10(12)14-8-9-16(13)15-7-6-11(2,3)4/h5H,1,6-9H2,2-4H3/q+2. The van der Waals surface area contributed by atoms with Gasteiger partial charge in [0.15, 0.2) is 6.61 Å². The summed E-state index contributed by atoms with van der Waals surface area (Å²) in [5.74, 6) is -0.505. The Bertz CT molecular complexity index is 260. The quantitative estimate of drug-likeness (QED) is 0.280. The summed E-state index contributed by atoms with van der Waals surface area (Å²) in [4.78, 5) is 10.7. The normalized spacial score (nSPS) is 12.1. The molecule has 0 aliphatic heterocycles. The Morgan fingerprint density at radius 1 is 1.38 bits per heavy atom. The number of carbonyl (C=O) groups excluding carboxylic acids is 1. The van der Waals surface area contributed by atoms with Crippen LogP contribution in [0.4, 0.5) is 0 Å². The van der Waals surface area contributed by atoms with Gasteiger partial charge in [-0.25, -0.2) is 4.79 Å². The second-order valence-electron chi connectivity index (χ2n) is 4.28. The lowest BCUT2D eigenvalue weighted by molar-refractivity contribution is -0.870. The van der Waals surface area contributed by atoms with Crippen molar-refractivity contribution in [1.82, 2.24) is 0 Å². The molecule has 0 radical (unpaired) electrons. The minimum Gasteiger partial charge on any atom is -0.458 e. The summed E-state index contributed by atoms with van der Waals surface area (Å²) >= 11 is 0. The summed E-state index contributed by atoms with van der Waals surface area (Å²) < 4.78 is 21.9. The number of likely N-dealkylation sites (N-methyl/N-ethyl adjacent to an activating group) is 1. The fourth-order valence-electron chi connectivity index (χ4n) is 0.761. The molecule has 0 aromatic rings. The Hall–Kier alpha value is -0.770. The van der Waals surface area contributed by atoms with E-state index in [2.05, 4.69) is 11.3 Å². The molecule has 0 amide bonds. The number of rotatable bonds is 8. The zero-order valence-corrected chi connectivity index (χ0v) is 11.0. The van der Waals surface area contributed by atoms with Gasteiger partial charge in [0.05, 0.1) is 21.1 Å². The number of hydrogen-bond donors (Lipinski definition) is 0. The minimum absolute atomic E-state index is 0.102. The molecule has 0 bridgehead atoms. The molecule has 0 rings (SSSR count). The van der Waals surface area contributed by atoms with E-state index in [1.165, 1.54) is 0 Å². The molecule has 5 nitrogen and oxygen atoms in total. The van der Waals surface area contributed by atoms with Crippen molar-refractivity contribution in [3.05, 3.63) is 12.7 Å². The first-order valence-corrected chi connectivity index (χ1v) is 6.38. The zero-order chi connectivity index (χ0) is 12.6. The summed E-state index contributed by atoms with van der Waals surface area (Å²) in [7, 11) is 4.35. The Balaban J connectivity index is 3.53. The maximum Gasteiger partial charge on any atom is 0.511 e. The number of hydrogen-bond acceptors (Lipinski definition) is 4. The lowest BCUT2D eigenvalue weighted by Crippen LogP contribution is -2.37. The van der Waals surface area contributed by atoms with Gasteiger partial charge in [0.2, 0.25) is 6.16 Å². The predicted molar refractivity (Wildman–Crippen MR) is 62.5 cm³/mol. The third kappa shape index (κ3) is 9.77. The lowest BCUT2D eigenvalue weighted by atomic mass is 10.5. The van der Waals surface area contributed by atoms with E-state index in [-0.39, 0.29) is 12.8 Å². The fourth-order valence-corrected chi connectivity index (χ4v) is 1.42. The van der Waals surface area contributed by atoms with Crippen LogP contribution in [0.15, 0.2) is 12.7 Å². The van der Waals surface area contributed by atoms with Gasteiger partial charge in [-0.1, -0.05) is 6.58 Å². The van der Waals surface area contributed by atoms with E-state index in [0.717, 1.165) is 17.1 Å². The smallest absolute Gasteiger partial charge is 0.458 e. The van der Waals surface area contributed by atoms with Gasteiger partial charge in [0.1, 0.15) is 13.2 Å². The van der Waals surface area contributed by atoms with Crippen LogP contribution in [0.5, 0.6) is 0 Å². The molecule has 16 heavy (non-hydrogen) atoms. The van der Waals surface area contributed by atoms with E-state index < -0.39 is 14.0 Å². The summed E-state index contributed by atoms with van der Waals surface area (Å²) in [5, 5.41) is 0. The van der Waals surface area contributed by atoms with Gasteiger partial charge in [-0.3, -0.25) is 0 Å². The topological polar surface area (TPSA) is 52.6 Å². The molecular weight excluding hydrogens is 229 g/mol. The molecule has 0 aromatic carbocycles. The monoisotopic (exact) mass is 249 g/mol. The van der Waals surface area contributed by atoms with Crippen molar-refractivity contribution < 1.29 is 23.1 Å². The van der Waals surface area contributed by atoms with Gasteiger partial charge in [-0.2, -0.15) is 0 Å². The van der Waals surface area contributed by atoms with Gasteiger partial charge in [0.25, 0.3) is 0 Å². The fraction of sp³-hybridized carbons (Fsp3) is 0.700. The molecule has 0 aromatic heterocycles. The van der Waals surface area contributed by atoms with E-state index in [1.54, 1.807) is 0 Å². The van der Waals surface area contributed by atoms with Gasteiger partial charge in [0, 0.05) is 6.08 Å². The van der Waals surface area contributed by atoms with E-state index in [9.17, 15) is 9.36 Å². The molecule has 0 aliphatic carbocycles. The highest BCUT2D eigenvalue weighted by Gasteiger charge is 2.19. The van der Waals surface area contributed by atoms with Gasteiger partial charge < -0.3 is 9.22 Å². The van der Waals surface area contributed by atoms with Crippen LogP contribution in [0, 0.1) is 0 Å². The molecule has 1 atom stereocenters. The molecular formula is C10H20NO4P+2. The van der Waals surface area contributed by atoms with Crippen molar-refractivity contribution in [3.63, 3.8) is 0 Å². The van der Waals surface area contributed by atoms with Crippen molar-refractivity contribution in [2.45, 2.75) is 0 Å². The average molecular weight is 249 g/mol. The summed E-state index contributed by atoms with van der Waals surface area (Å²) in [6.07, 6.45) is 1.30. The zero-order valence-electron chi connectivity index (χ0n) is 10.1. The van der Waals surface area contributed by atoms with Crippen molar-refractivity contribution in [3.8, 4) is 0 Å². The van der Waals surface area contributed by atoms with Crippen LogP contribution in [-0.2, 0) is 18.6 Å². The molecule has 0 aliphatic rings. The number of ether oxygens (including phenoxy) is 1. The Morgan fingerprint density at radius 2 is 2.00 bits per heavy atom. The second-order valence-corrected chi connectivity index (χ2v) is 5.65. The molecule has 92 valence electrons. The first-order chi connectivity index (χ1) is 7.35. The molecule has 0 N–H and O–H groups in total. The maximum atomic E-state index is 11.3. The van der Waals surface area contributed by atoms with Crippen LogP contribution in [0.25, 0.3) is 0 Å². The molecule has 0 saturated carbocycles.